The molecule has 0 saturated carbocycles. The van der Waals surface area contributed by atoms with Crippen molar-refractivity contribution < 1.29 is 61.0 Å². The summed E-state index contributed by atoms with van der Waals surface area (Å²) in [6, 6.07) is 0. The van der Waals surface area contributed by atoms with E-state index in [-0.39, 0.29) is 26.4 Å². The monoisotopic (exact) mass is 442 g/mol. The standard InChI is InChI=1S/C10H16F6O8S2/c11-9(12,13)7-25(17,18)23-5-3-21-1-2-22-4-6-24-26(19,20)8-10(14,15)16/h1-8H2. The molecule has 0 aliphatic rings. The Morgan fingerprint density at radius 3 is 1.08 bits per heavy atom. The van der Waals surface area contributed by atoms with Crippen molar-refractivity contribution in [2.75, 3.05) is 51.1 Å². The van der Waals surface area contributed by atoms with Crippen molar-refractivity contribution in [3.8, 4) is 0 Å². The van der Waals surface area contributed by atoms with Crippen molar-refractivity contribution in [3.05, 3.63) is 0 Å². The fraction of sp³-hybridized carbons (Fsp3) is 1.00. The maximum absolute atomic E-state index is 11.9. The van der Waals surface area contributed by atoms with E-state index in [2.05, 4.69) is 8.37 Å². The quantitative estimate of drug-likeness (QED) is 0.235. The van der Waals surface area contributed by atoms with E-state index in [1.54, 1.807) is 0 Å². The fourth-order valence-electron chi connectivity index (χ4n) is 1.25. The van der Waals surface area contributed by atoms with Gasteiger partial charge in [-0.3, -0.25) is 8.37 Å². The van der Waals surface area contributed by atoms with Crippen molar-refractivity contribution in [2.45, 2.75) is 12.4 Å². The van der Waals surface area contributed by atoms with Crippen LogP contribution in [0.4, 0.5) is 26.3 Å². The van der Waals surface area contributed by atoms with Gasteiger partial charge in [0.2, 0.25) is 0 Å². The van der Waals surface area contributed by atoms with E-state index in [9.17, 15) is 43.2 Å². The van der Waals surface area contributed by atoms with Crippen LogP contribution in [0.1, 0.15) is 0 Å². The Labute approximate surface area is 145 Å². The van der Waals surface area contributed by atoms with Crippen LogP contribution in [0, 0.1) is 0 Å². The highest BCUT2D eigenvalue weighted by Crippen LogP contribution is 2.18. The predicted octanol–water partition coefficient (Wildman–Crippen LogP) is 0.837. The molecule has 0 radical (unpaired) electrons. The molecular formula is C10H16F6O8S2. The van der Waals surface area contributed by atoms with E-state index in [1.807, 2.05) is 0 Å². The second-order valence-electron chi connectivity index (χ2n) is 4.50. The van der Waals surface area contributed by atoms with Gasteiger partial charge in [-0.2, -0.15) is 43.2 Å². The van der Waals surface area contributed by atoms with Crippen molar-refractivity contribution in [1.82, 2.24) is 0 Å². The normalized spacial score (nSPS) is 13.9. The summed E-state index contributed by atoms with van der Waals surface area (Å²) in [4.78, 5) is 0. The van der Waals surface area contributed by atoms with Crippen LogP contribution in [-0.2, 0) is 38.1 Å². The first-order chi connectivity index (χ1) is 11.6. The summed E-state index contributed by atoms with van der Waals surface area (Å²) in [5.74, 6) is -4.25. The van der Waals surface area contributed by atoms with Crippen LogP contribution in [0.15, 0.2) is 0 Å². The molecule has 0 aromatic carbocycles. The van der Waals surface area contributed by atoms with Crippen molar-refractivity contribution in [1.29, 1.82) is 0 Å². The lowest BCUT2D eigenvalue weighted by molar-refractivity contribution is -0.108. The minimum Gasteiger partial charge on any atom is -0.377 e. The van der Waals surface area contributed by atoms with Gasteiger partial charge in [-0.15, -0.1) is 0 Å². The smallest absolute Gasteiger partial charge is 0.377 e. The molecule has 8 nitrogen and oxygen atoms in total. The zero-order valence-electron chi connectivity index (χ0n) is 13.0. The molecule has 0 saturated heterocycles. The second kappa shape index (κ2) is 10.6. The van der Waals surface area contributed by atoms with Gasteiger partial charge in [0, 0.05) is 0 Å². The average molecular weight is 442 g/mol. The molecule has 0 fully saturated rings. The van der Waals surface area contributed by atoms with E-state index in [0.717, 1.165) is 0 Å². The van der Waals surface area contributed by atoms with Crippen LogP contribution in [0.5, 0.6) is 0 Å². The highest BCUT2D eigenvalue weighted by atomic mass is 32.2. The van der Waals surface area contributed by atoms with Crippen LogP contribution < -0.4 is 0 Å². The lowest BCUT2D eigenvalue weighted by atomic mass is 10.7. The third-order valence-corrected chi connectivity index (χ3v) is 4.45. The molecule has 0 heterocycles. The summed E-state index contributed by atoms with van der Waals surface area (Å²) >= 11 is 0. The first-order valence-electron chi connectivity index (χ1n) is 6.65. The Hall–Kier alpha value is -0.680. The second-order valence-corrected chi connectivity index (χ2v) is 7.78. The molecule has 0 aliphatic carbocycles. The Morgan fingerprint density at radius 1 is 0.538 bits per heavy atom. The highest BCUT2D eigenvalue weighted by molar-refractivity contribution is 7.87. The molecule has 0 aliphatic heterocycles. The number of alkyl halides is 6. The largest absolute Gasteiger partial charge is 0.405 e. The van der Waals surface area contributed by atoms with Crippen LogP contribution in [0.25, 0.3) is 0 Å². The molecule has 158 valence electrons. The van der Waals surface area contributed by atoms with E-state index in [1.165, 1.54) is 0 Å². The first kappa shape index (κ1) is 25.3. The Bertz CT molecular complexity index is 544. The molecular weight excluding hydrogens is 426 g/mol. The molecule has 0 unspecified atom stereocenters. The van der Waals surface area contributed by atoms with Crippen LogP contribution >= 0.6 is 0 Å². The minimum atomic E-state index is -4.93. The van der Waals surface area contributed by atoms with E-state index < -0.39 is 57.3 Å². The Balaban J connectivity index is 3.66. The minimum absolute atomic E-state index is 0.155. The van der Waals surface area contributed by atoms with Gasteiger partial charge >= 0.3 is 12.4 Å². The number of ether oxygens (including phenoxy) is 2. The van der Waals surface area contributed by atoms with Gasteiger partial charge in [0.1, 0.15) is 0 Å². The van der Waals surface area contributed by atoms with Gasteiger partial charge in [-0.1, -0.05) is 0 Å². The third-order valence-electron chi connectivity index (χ3n) is 2.03. The third kappa shape index (κ3) is 16.8. The Morgan fingerprint density at radius 2 is 0.808 bits per heavy atom. The van der Waals surface area contributed by atoms with Gasteiger partial charge in [0.05, 0.1) is 39.6 Å². The van der Waals surface area contributed by atoms with Gasteiger partial charge in [-0.25, -0.2) is 0 Å². The van der Waals surface area contributed by atoms with Crippen LogP contribution in [0.3, 0.4) is 0 Å². The summed E-state index contributed by atoms with van der Waals surface area (Å²) in [6.07, 6.45) is -9.85. The molecule has 0 atom stereocenters. The summed E-state index contributed by atoms with van der Waals surface area (Å²) < 4.78 is 132. The topological polar surface area (TPSA) is 105 Å². The number of halogens is 6. The van der Waals surface area contributed by atoms with Crippen LogP contribution in [-0.4, -0.2) is 80.3 Å². The van der Waals surface area contributed by atoms with E-state index >= 15 is 0 Å². The highest BCUT2D eigenvalue weighted by Gasteiger charge is 2.36. The molecule has 0 rings (SSSR count). The zero-order valence-corrected chi connectivity index (χ0v) is 14.6. The molecule has 0 spiro atoms. The molecule has 0 amide bonds. The van der Waals surface area contributed by atoms with Gasteiger partial charge < -0.3 is 9.47 Å². The van der Waals surface area contributed by atoms with Gasteiger partial charge in [-0.05, 0) is 0 Å². The first-order valence-corrected chi connectivity index (χ1v) is 9.81. The maximum atomic E-state index is 11.9. The number of hydrogen-bond acceptors (Lipinski definition) is 8. The molecule has 0 aromatic heterocycles. The fourth-order valence-corrected chi connectivity index (χ4v) is 2.86. The zero-order chi connectivity index (χ0) is 20.5. The molecule has 16 heteroatoms. The Kier molecular flexibility index (Phi) is 10.3. The molecule has 26 heavy (non-hydrogen) atoms. The predicted molar refractivity (Wildman–Crippen MR) is 73.2 cm³/mol. The van der Waals surface area contributed by atoms with E-state index in [4.69, 9.17) is 9.47 Å². The average Bonchev–Trinajstić information content (AvgIpc) is 2.35. The summed E-state index contributed by atoms with van der Waals surface area (Å²) in [7, 11) is -9.52. The summed E-state index contributed by atoms with van der Waals surface area (Å²) in [5, 5.41) is 0. The van der Waals surface area contributed by atoms with Crippen molar-refractivity contribution >= 4 is 20.2 Å². The summed E-state index contributed by atoms with van der Waals surface area (Å²) in [6.45, 7) is -2.35. The van der Waals surface area contributed by atoms with Crippen molar-refractivity contribution in [2.24, 2.45) is 0 Å². The lowest BCUT2D eigenvalue weighted by Crippen LogP contribution is -2.26. The van der Waals surface area contributed by atoms with Crippen LogP contribution in [0.2, 0.25) is 0 Å². The van der Waals surface area contributed by atoms with Gasteiger partial charge in [0.15, 0.2) is 11.5 Å². The van der Waals surface area contributed by atoms with Gasteiger partial charge in [0.25, 0.3) is 20.2 Å². The molecule has 0 bridgehead atoms. The number of hydrogen-bond donors (Lipinski definition) is 0. The maximum Gasteiger partial charge on any atom is 0.405 e. The molecule has 0 aromatic rings. The van der Waals surface area contributed by atoms with Crippen molar-refractivity contribution in [3.63, 3.8) is 0 Å². The lowest BCUT2D eigenvalue weighted by Gasteiger charge is -2.09. The molecule has 0 N–H and O–H groups in total. The SMILES string of the molecule is O=S(=O)(CC(F)(F)F)OCCOCCOCCOS(=O)(=O)CC(F)(F)F. The number of rotatable bonds is 13. The summed E-state index contributed by atoms with van der Waals surface area (Å²) in [5.41, 5.74) is 0. The van der Waals surface area contributed by atoms with E-state index in [0.29, 0.717) is 0 Å².